The zero-order valence-electron chi connectivity index (χ0n) is 19.6. The van der Waals surface area contributed by atoms with Gasteiger partial charge in [-0.3, -0.25) is 4.79 Å². The third-order valence-corrected chi connectivity index (χ3v) is 7.00. The molecule has 1 heterocycles. The van der Waals surface area contributed by atoms with Gasteiger partial charge in [-0.1, -0.05) is 42.5 Å². The van der Waals surface area contributed by atoms with Crippen LogP contribution in [0, 0.1) is 5.82 Å². The lowest BCUT2D eigenvalue weighted by atomic mass is 10.0. The van der Waals surface area contributed by atoms with E-state index in [1.165, 1.54) is 17.0 Å². The number of rotatable bonds is 8. The number of fused-ring (bicyclic) bond motifs is 1. The minimum absolute atomic E-state index is 0.156. The number of hydrogen-bond acceptors (Lipinski definition) is 5. The van der Waals surface area contributed by atoms with Crippen molar-refractivity contribution in [2.45, 2.75) is 24.6 Å². The van der Waals surface area contributed by atoms with Gasteiger partial charge < -0.3 is 15.0 Å². The van der Waals surface area contributed by atoms with Gasteiger partial charge in [-0.25, -0.2) is 22.3 Å². The molecule has 1 aliphatic rings. The largest absolute Gasteiger partial charge is 0.493 e. The Kier molecular flexibility index (Phi) is 7.54. The van der Waals surface area contributed by atoms with Crippen LogP contribution >= 0.6 is 0 Å². The van der Waals surface area contributed by atoms with Crippen LogP contribution < -0.4 is 19.7 Å². The van der Waals surface area contributed by atoms with Crippen LogP contribution in [-0.2, 0) is 33.4 Å². The van der Waals surface area contributed by atoms with Crippen LogP contribution in [0.25, 0.3) is 0 Å². The molecular formula is C26H26FN3O5S. The third kappa shape index (κ3) is 6.39. The van der Waals surface area contributed by atoms with Gasteiger partial charge in [0, 0.05) is 25.6 Å². The van der Waals surface area contributed by atoms with Gasteiger partial charge in [0.1, 0.15) is 17.6 Å². The Morgan fingerprint density at radius 1 is 1.03 bits per heavy atom. The number of sulfonamides is 1. The summed E-state index contributed by atoms with van der Waals surface area (Å²) in [6, 6.07) is 17.4. The summed E-state index contributed by atoms with van der Waals surface area (Å²) < 4.78 is 45.6. The molecule has 0 aromatic heterocycles. The fourth-order valence-corrected chi connectivity index (χ4v) is 5.00. The van der Waals surface area contributed by atoms with Crippen LogP contribution in [0.5, 0.6) is 5.75 Å². The first kappa shape index (κ1) is 25.2. The first-order chi connectivity index (χ1) is 17.2. The number of halogens is 1. The van der Waals surface area contributed by atoms with Crippen LogP contribution in [0.15, 0.2) is 72.8 Å². The summed E-state index contributed by atoms with van der Waals surface area (Å²) in [5.74, 6) is -0.646. The monoisotopic (exact) mass is 511 g/mol. The second-order valence-corrected chi connectivity index (χ2v) is 10.2. The molecular weight excluding hydrogens is 485 g/mol. The lowest BCUT2D eigenvalue weighted by molar-refractivity contribution is -0.120. The number of carbonyl (C=O) groups is 2. The zero-order valence-corrected chi connectivity index (χ0v) is 20.4. The Hall–Kier alpha value is -3.92. The number of ether oxygens (including phenoxy) is 1. The van der Waals surface area contributed by atoms with Gasteiger partial charge in [0.15, 0.2) is 0 Å². The quantitative estimate of drug-likeness (QED) is 0.484. The molecule has 0 fully saturated rings. The van der Waals surface area contributed by atoms with Gasteiger partial charge in [0.25, 0.3) is 0 Å². The number of benzene rings is 3. The molecule has 0 spiro atoms. The van der Waals surface area contributed by atoms with E-state index in [9.17, 15) is 22.4 Å². The predicted molar refractivity (Wildman–Crippen MR) is 134 cm³/mol. The van der Waals surface area contributed by atoms with Crippen molar-refractivity contribution in [2.75, 3.05) is 18.6 Å². The highest BCUT2D eigenvalue weighted by molar-refractivity contribution is 7.89. The van der Waals surface area contributed by atoms with Gasteiger partial charge in [0.05, 0.1) is 12.4 Å². The molecule has 36 heavy (non-hydrogen) atoms. The summed E-state index contributed by atoms with van der Waals surface area (Å²) in [4.78, 5) is 27.5. The molecule has 3 aromatic rings. The molecule has 188 valence electrons. The Balaban J connectivity index is 1.49. The summed E-state index contributed by atoms with van der Waals surface area (Å²) >= 11 is 0. The van der Waals surface area contributed by atoms with Crippen molar-refractivity contribution in [1.82, 2.24) is 10.0 Å². The Bertz CT molecular complexity index is 1350. The fraction of sp³-hybridized carbons (Fsp3) is 0.231. The molecule has 2 N–H and O–H groups in total. The predicted octanol–water partition coefficient (Wildman–Crippen LogP) is 3.16. The first-order valence-corrected chi connectivity index (χ1v) is 13.0. The highest BCUT2D eigenvalue weighted by Crippen LogP contribution is 2.29. The van der Waals surface area contributed by atoms with Gasteiger partial charge >= 0.3 is 6.03 Å². The van der Waals surface area contributed by atoms with Gasteiger partial charge in [0.2, 0.25) is 15.9 Å². The van der Waals surface area contributed by atoms with E-state index in [0.717, 1.165) is 35.4 Å². The maximum atomic E-state index is 13.4. The van der Waals surface area contributed by atoms with E-state index in [1.807, 2.05) is 41.1 Å². The third-order valence-electron chi connectivity index (χ3n) is 5.80. The number of likely N-dealkylation sites (N-methyl/N-ethyl adjacent to an activating group) is 1. The Labute approximate surface area is 209 Å². The number of amides is 3. The zero-order chi connectivity index (χ0) is 25.7. The summed E-state index contributed by atoms with van der Waals surface area (Å²) in [6.45, 7) is 0.585. The van der Waals surface area contributed by atoms with Crippen molar-refractivity contribution in [3.05, 3.63) is 95.3 Å². The molecule has 4 rings (SSSR count). The summed E-state index contributed by atoms with van der Waals surface area (Å²) in [6.07, 6.45) is 0.898. The lowest BCUT2D eigenvalue weighted by Crippen LogP contribution is -2.52. The normalized spacial score (nSPS) is 13.3. The highest BCUT2D eigenvalue weighted by atomic mass is 32.2. The van der Waals surface area contributed by atoms with E-state index in [-0.39, 0.29) is 6.42 Å². The molecule has 0 saturated heterocycles. The van der Waals surface area contributed by atoms with Crippen molar-refractivity contribution in [3.8, 4) is 5.75 Å². The maximum Gasteiger partial charge on any atom is 0.329 e. The van der Waals surface area contributed by atoms with E-state index in [0.29, 0.717) is 17.9 Å². The second-order valence-electron chi connectivity index (χ2n) is 8.49. The average molecular weight is 512 g/mol. The number of urea groups is 1. The van der Waals surface area contributed by atoms with Crippen LogP contribution in [0.4, 0.5) is 14.9 Å². The molecule has 0 aliphatic carbocycles. The smallest absolute Gasteiger partial charge is 0.329 e. The van der Waals surface area contributed by atoms with E-state index in [4.69, 9.17) is 4.74 Å². The Morgan fingerprint density at radius 3 is 2.47 bits per heavy atom. The van der Waals surface area contributed by atoms with Crippen LogP contribution in [0.3, 0.4) is 0 Å². The molecule has 0 unspecified atom stereocenters. The van der Waals surface area contributed by atoms with E-state index >= 15 is 0 Å². The summed E-state index contributed by atoms with van der Waals surface area (Å²) in [5.41, 5.74) is 2.73. The van der Waals surface area contributed by atoms with E-state index in [2.05, 4.69) is 5.32 Å². The van der Waals surface area contributed by atoms with Crippen molar-refractivity contribution in [1.29, 1.82) is 0 Å². The molecule has 0 bridgehead atoms. The summed E-state index contributed by atoms with van der Waals surface area (Å²) in [7, 11) is -2.49. The molecule has 0 saturated carbocycles. The minimum Gasteiger partial charge on any atom is -0.493 e. The van der Waals surface area contributed by atoms with Crippen LogP contribution in [-0.4, -0.2) is 40.1 Å². The number of hydrogen-bond donors (Lipinski definition) is 2. The van der Waals surface area contributed by atoms with Crippen molar-refractivity contribution < 1.29 is 27.1 Å². The SMILES string of the molecule is CN(C(=O)[C@H](Cc1ccccc1)NC(=O)NS(=O)(=O)Cc1ccc(F)cc1)c1ccc2c(c1)CCO2. The Morgan fingerprint density at radius 2 is 1.75 bits per heavy atom. The molecule has 8 nitrogen and oxygen atoms in total. The number of nitrogens with zero attached hydrogens (tertiary/aromatic N) is 1. The number of anilines is 1. The van der Waals surface area contributed by atoms with Crippen molar-refractivity contribution in [2.24, 2.45) is 0 Å². The molecule has 0 radical (unpaired) electrons. The average Bonchev–Trinajstić information content (AvgIpc) is 3.32. The standard InChI is InChI=1S/C26H26FN3O5S/c1-30(22-11-12-24-20(16-22)13-14-35-24)25(31)23(15-18-5-3-2-4-6-18)28-26(32)29-36(33,34)17-19-7-9-21(27)10-8-19/h2-12,16,23H,13-15,17H2,1H3,(H2,28,29,32)/t23-/m0/s1. The number of nitrogens with one attached hydrogen (secondary N) is 2. The second kappa shape index (κ2) is 10.8. The molecule has 10 heteroatoms. The topological polar surface area (TPSA) is 105 Å². The highest BCUT2D eigenvalue weighted by Gasteiger charge is 2.27. The minimum atomic E-state index is -4.09. The summed E-state index contributed by atoms with van der Waals surface area (Å²) in [5, 5.41) is 2.51. The molecule has 3 amide bonds. The lowest BCUT2D eigenvalue weighted by Gasteiger charge is -2.25. The van der Waals surface area contributed by atoms with Crippen LogP contribution in [0.2, 0.25) is 0 Å². The molecule has 1 atom stereocenters. The van der Waals surface area contributed by atoms with Gasteiger partial charge in [-0.15, -0.1) is 0 Å². The molecule has 3 aromatic carbocycles. The number of carbonyl (C=O) groups excluding carboxylic acids is 2. The van der Waals surface area contributed by atoms with Gasteiger partial charge in [-0.05, 0) is 47.0 Å². The van der Waals surface area contributed by atoms with E-state index in [1.54, 1.807) is 19.2 Å². The van der Waals surface area contributed by atoms with Crippen molar-refractivity contribution in [3.63, 3.8) is 0 Å². The first-order valence-electron chi connectivity index (χ1n) is 11.3. The maximum absolute atomic E-state index is 13.4. The fourth-order valence-electron chi connectivity index (χ4n) is 3.96. The van der Waals surface area contributed by atoms with Crippen molar-refractivity contribution >= 4 is 27.6 Å². The van der Waals surface area contributed by atoms with Crippen LogP contribution in [0.1, 0.15) is 16.7 Å². The van der Waals surface area contributed by atoms with Gasteiger partial charge in [-0.2, -0.15) is 0 Å². The van der Waals surface area contributed by atoms with E-state index < -0.39 is 39.6 Å². The molecule has 1 aliphatic heterocycles.